The summed E-state index contributed by atoms with van der Waals surface area (Å²) < 4.78 is 11.2. The first-order valence-electron chi connectivity index (χ1n) is 12.9. The van der Waals surface area contributed by atoms with E-state index in [1.807, 2.05) is 24.3 Å². The predicted molar refractivity (Wildman–Crippen MR) is 141 cm³/mol. The number of carbonyl (C=O) groups excluding carboxylic acids is 3. The third kappa shape index (κ3) is 3.53. The topological polar surface area (TPSA) is 84.9 Å². The smallest absolute Gasteiger partial charge is 0.255 e. The zero-order chi connectivity index (χ0) is 26.0. The number of anilines is 2. The lowest BCUT2D eigenvalue weighted by Crippen LogP contribution is -2.40. The second kappa shape index (κ2) is 8.58. The lowest BCUT2D eigenvalue weighted by atomic mass is 9.63. The molecule has 5 aliphatic rings. The van der Waals surface area contributed by atoms with Crippen LogP contribution in [0.15, 0.2) is 84.9 Å². The number of nitrogens with zero attached hydrogens (tertiary/aromatic N) is 1. The largest absolute Gasteiger partial charge is 0.493 e. The average molecular weight is 507 g/mol. The molecular formula is C31H26N2O5. The van der Waals surface area contributed by atoms with Crippen molar-refractivity contribution in [2.45, 2.75) is 6.42 Å². The minimum atomic E-state index is -0.287. The highest BCUT2D eigenvalue weighted by atomic mass is 16.5. The molecule has 7 nitrogen and oxygen atoms in total. The SMILES string of the molecule is COc1ccccc1Oc1ccc(NC(=O)c2ccc(N3C(=O)[C@@H]4[C@@H]5C=C[C@H]([C@H]6C[C@H]56)[C@@H]4C3=O)cc2)cc1. The predicted octanol–water partition coefficient (Wildman–Crippen LogP) is 5.30. The molecule has 7 heteroatoms. The summed E-state index contributed by atoms with van der Waals surface area (Å²) in [6.45, 7) is 0. The summed E-state index contributed by atoms with van der Waals surface area (Å²) in [6.07, 6.45) is 5.47. The van der Waals surface area contributed by atoms with E-state index in [1.54, 1.807) is 55.6 Å². The van der Waals surface area contributed by atoms with Crippen LogP contribution in [-0.4, -0.2) is 24.8 Å². The van der Waals surface area contributed by atoms with Gasteiger partial charge in [-0.3, -0.25) is 19.3 Å². The first-order valence-corrected chi connectivity index (χ1v) is 12.9. The van der Waals surface area contributed by atoms with Crippen LogP contribution in [0.3, 0.4) is 0 Å². The highest BCUT2D eigenvalue weighted by molar-refractivity contribution is 6.22. The Morgan fingerprint density at radius 3 is 2.03 bits per heavy atom. The Morgan fingerprint density at radius 1 is 0.816 bits per heavy atom. The van der Waals surface area contributed by atoms with E-state index in [4.69, 9.17) is 9.47 Å². The molecule has 3 amide bonds. The summed E-state index contributed by atoms with van der Waals surface area (Å²) in [5.74, 6) is 2.39. The summed E-state index contributed by atoms with van der Waals surface area (Å²) in [5, 5.41) is 2.87. The maximum absolute atomic E-state index is 13.3. The summed E-state index contributed by atoms with van der Waals surface area (Å²) in [4.78, 5) is 40.8. The second-order valence-corrected chi connectivity index (χ2v) is 10.4. The number of para-hydroxylation sites is 2. The fourth-order valence-electron chi connectivity index (χ4n) is 6.61. The monoisotopic (exact) mass is 506 g/mol. The number of imide groups is 1. The zero-order valence-electron chi connectivity index (χ0n) is 20.7. The van der Waals surface area contributed by atoms with Crippen LogP contribution in [0, 0.1) is 35.5 Å². The summed E-state index contributed by atoms with van der Waals surface area (Å²) in [7, 11) is 1.59. The minimum absolute atomic E-state index is 0.0997. The van der Waals surface area contributed by atoms with Crippen molar-refractivity contribution in [1.82, 2.24) is 0 Å². The van der Waals surface area contributed by atoms with Crippen LogP contribution in [0.2, 0.25) is 0 Å². The van der Waals surface area contributed by atoms with Crippen LogP contribution in [-0.2, 0) is 9.59 Å². The van der Waals surface area contributed by atoms with Gasteiger partial charge in [0.2, 0.25) is 11.8 Å². The molecule has 4 aliphatic carbocycles. The Morgan fingerprint density at radius 2 is 1.42 bits per heavy atom. The number of allylic oxidation sites excluding steroid dienone is 2. The Labute approximate surface area is 220 Å². The van der Waals surface area contributed by atoms with Gasteiger partial charge in [-0.15, -0.1) is 0 Å². The number of benzene rings is 3. The van der Waals surface area contributed by atoms with Crippen LogP contribution in [0.4, 0.5) is 11.4 Å². The first kappa shape index (κ1) is 22.8. The summed E-state index contributed by atoms with van der Waals surface area (Å²) in [5.41, 5.74) is 1.57. The van der Waals surface area contributed by atoms with Gasteiger partial charge in [0, 0.05) is 11.3 Å². The number of hydrogen-bond acceptors (Lipinski definition) is 5. The minimum Gasteiger partial charge on any atom is -0.493 e. The van der Waals surface area contributed by atoms with Crippen molar-refractivity contribution in [2.75, 3.05) is 17.3 Å². The molecule has 3 aromatic rings. The quantitative estimate of drug-likeness (QED) is 0.362. The zero-order valence-corrected chi connectivity index (χ0v) is 20.7. The van der Waals surface area contributed by atoms with Crippen molar-refractivity contribution in [1.29, 1.82) is 0 Å². The van der Waals surface area contributed by atoms with E-state index < -0.39 is 0 Å². The number of rotatable bonds is 6. The Kier molecular flexibility index (Phi) is 5.15. The van der Waals surface area contributed by atoms with E-state index in [0.717, 1.165) is 6.42 Å². The fraction of sp³-hybridized carbons (Fsp3) is 0.258. The molecule has 1 heterocycles. The fourth-order valence-corrected chi connectivity index (χ4v) is 6.61. The van der Waals surface area contributed by atoms with Crippen LogP contribution < -0.4 is 19.7 Å². The van der Waals surface area contributed by atoms with Crippen LogP contribution in [0.25, 0.3) is 0 Å². The van der Waals surface area contributed by atoms with Gasteiger partial charge >= 0.3 is 0 Å². The van der Waals surface area contributed by atoms with E-state index in [0.29, 0.717) is 46.0 Å². The molecule has 0 aromatic heterocycles. The van der Waals surface area contributed by atoms with Crippen molar-refractivity contribution in [3.8, 4) is 17.2 Å². The highest BCUT2D eigenvalue weighted by Gasteiger charge is 2.67. The van der Waals surface area contributed by atoms with Gasteiger partial charge in [-0.2, -0.15) is 0 Å². The molecule has 8 rings (SSSR count). The third-order valence-corrected chi connectivity index (χ3v) is 8.46. The van der Waals surface area contributed by atoms with Gasteiger partial charge in [0.1, 0.15) is 5.75 Å². The highest BCUT2D eigenvalue weighted by Crippen LogP contribution is 2.65. The molecule has 3 fully saturated rings. The average Bonchev–Trinajstić information content (AvgIpc) is 3.73. The lowest BCUT2D eigenvalue weighted by Gasteiger charge is -2.37. The molecule has 2 bridgehead atoms. The number of hydrogen-bond donors (Lipinski definition) is 1. The maximum atomic E-state index is 13.3. The molecule has 1 saturated heterocycles. The first-order chi connectivity index (χ1) is 18.5. The van der Waals surface area contributed by atoms with E-state index in [1.165, 1.54) is 4.90 Å². The Bertz CT molecular complexity index is 1440. The van der Waals surface area contributed by atoms with Crippen molar-refractivity contribution < 1.29 is 23.9 Å². The van der Waals surface area contributed by atoms with Gasteiger partial charge < -0.3 is 14.8 Å². The van der Waals surface area contributed by atoms with Crippen molar-refractivity contribution in [3.63, 3.8) is 0 Å². The second-order valence-electron chi connectivity index (χ2n) is 10.4. The van der Waals surface area contributed by atoms with Crippen LogP contribution >= 0.6 is 0 Å². The molecule has 38 heavy (non-hydrogen) atoms. The van der Waals surface area contributed by atoms with Gasteiger partial charge in [-0.05, 0) is 90.8 Å². The van der Waals surface area contributed by atoms with Crippen molar-refractivity contribution in [3.05, 3.63) is 90.5 Å². The van der Waals surface area contributed by atoms with E-state index >= 15 is 0 Å². The van der Waals surface area contributed by atoms with Crippen LogP contribution in [0.5, 0.6) is 17.2 Å². The van der Waals surface area contributed by atoms with Gasteiger partial charge in [0.15, 0.2) is 11.5 Å². The number of amides is 3. The standard InChI is InChI=1S/C31H26N2O5/c1-37-25-4-2-3-5-26(25)38-20-12-8-18(9-13-20)32-29(34)17-6-10-19(11-7-17)33-30(35)27-21-14-15-22(24-16-23(21)24)28(27)31(33)36/h2-15,21-24,27-28H,16H2,1H3,(H,32,34)/t21-,22-,23-,24-,27-,28+/m1/s1. The number of carbonyl (C=O) groups is 3. The molecule has 0 radical (unpaired) electrons. The Hall–Kier alpha value is -4.39. The third-order valence-electron chi connectivity index (χ3n) is 8.46. The Balaban J connectivity index is 1.02. The van der Waals surface area contributed by atoms with Crippen LogP contribution in [0.1, 0.15) is 16.8 Å². The summed E-state index contributed by atoms with van der Waals surface area (Å²) >= 11 is 0. The molecule has 2 saturated carbocycles. The molecule has 1 aliphatic heterocycles. The molecule has 0 unspecified atom stereocenters. The van der Waals surface area contributed by atoms with Gasteiger partial charge in [-0.25, -0.2) is 0 Å². The normalized spacial score (nSPS) is 28.1. The van der Waals surface area contributed by atoms with Crippen molar-refractivity contribution in [2.24, 2.45) is 35.5 Å². The molecule has 1 N–H and O–H groups in total. The molecule has 6 atom stereocenters. The van der Waals surface area contributed by atoms with Crippen molar-refractivity contribution >= 4 is 29.1 Å². The number of ether oxygens (including phenoxy) is 2. The lowest BCUT2D eigenvalue weighted by molar-refractivity contribution is -0.124. The van der Waals surface area contributed by atoms with Gasteiger partial charge in [-0.1, -0.05) is 24.3 Å². The van der Waals surface area contributed by atoms with E-state index in [9.17, 15) is 14.4 Å². The molecule has 0 spiro atoms. The number of methoxy groups -OCH3 is 1. The van der Waals surface area contributed by atoms with Gasteiger partial charge in [0.05, 0.1) is 24.6 Å². The van der Waals surface area contributed by atoms with E-state index in [2.05, 4.69) is 17.5 Å². The number of nitrogens with one attached hydrogen (secondary N) is 1. The molecular weight excluding hydrogens is 480 g/mol. The van der Waals surface area contributed by atoms with E-state index in [-0.39, 0.29) is 41.4 Å². The van der Waals surface area contributed by atoms with Gasteiger partial charge in [0.25, 0.3) is 5.91 Å². The summed E-state index contributed by atoms with van der Waals surface area (Å²) in [6, 6.07) is 21.1. The maximum Gasteiger partial charge on any atom is 0.255 e. The molecule has 190 valence electrons. The molecule has 3 aromatic carbocycles.